The van der Waals surface area contributed by atoms with Gasteiger partial charge in [0.15, 0.2) is 0 Å². The smallest absolute Gasteiger partial charge is 0.428 e. The van der Waals surface area contributed by atoms with Crippen LogP contribution in [0.3, 0.4) is 0 Å². The molecule has 2 N–H and O–H groups in total. The van der Waals surface area contributed by atoms with Gasteiger partial charge in [-0.05, 0) is 57.2 Å². The van der Waals surface area contributed by atoms with Gasteiger partial charge in [-0.3, -0.25) is 0 Å². The van der Waals surface area contributed by atoms with E-state index in [0.717, 1.165) is 4.47 Å². The fraction of sp³-hybridized carbons (Fsp3) is 0.222. The standard InChI is InChI=1S/C18H19BrN4O3/c1-18(2,3)26-17(25)23-20-11-12-9-15(7-8-16(12)24)22-21-14-6-4-5-13(19)10-14/h4-11,24H,1-3H3,(H,23,25). The molecule has 0 radical (unpaired) electrons. The van der Waals surface area contributed by atoms with Crippen molar-refractivity contribution in [2.75, 3.05) is 0 Å². The predicted octanol–water partition coefficient (Wildman–Crippen LogP) is 5.43. The van der Waals surface area contributed by atoms with Crippen molar-refractivity contribution in [1.29, 1.82) is 0 Å². The molecule has 0 aromatic heterocycles. The number of azo groups is 1. The van der Waals surface area contributed by atoms with E-state index >= 15 is 0 Å². The van der Waals surface area contributed by atoms with E-state index in [1.165, 1.54) is 12.3 Å². The first-order valence-corrected chi connectivity index (χ1v) is 8.55. The van der Waals surface area contributed by atoms with Crippen molar-refractivity contribution in [2.45, 2.75) is 26.4 Å². The van der Waals surface area contributed by atoms with Crippen LogP contribution in [0.4, 0.5) is 16.2 Å². The summed E-state index contributed by atoms with van der Waals surface area (Å²) >= 11 is 3.37. The lowest BCUT2D eigenvalue weighted by Gasteiger charge is -2.18. The minimum absolute atomic E-state index is 0.00106. The highest BCUT2D eigenvalue weighted by Gasteiger charge is 2.15. The summed E-state index contributed by atoms with van der Waals surface area (Å²) in [5.41, 5.74) is 3.22. The Labute approximate surface area is 159 Å². The van der Waals surface area contributed by atoms with Crippen molar-refractivity contribution in [1.82, 2.24) is 5.43 Å². The number of carbonyl (C=O) groups is 1. The zero-order valence-corrected chi connectivity index (χ0v) is 16.2. The average molecular weight is 419 g/mol. The van der Waals surface area contributed by atoms with Gasteiger partial charge in [-0.15, -0.1) is 0 Å². The van der Waals surface area contributed by atoms with E-state index < -0.39 is 11.7 Å². The fourth-order valence-corrected chi connectivity index (χ4v) is 2.20. The monoisotopic (exact) mass is 418 g/mol. The summed E-state index contributed by atoms with van der Waals surface area (Å²) in [6, 6.07) is 12.1. The molecule has 0 aliphatic rings. The first-order valence-electron chi connectivity index (χ1n) is 7.75. The number of phenols is 1. The summed E-state index contributed by atoms with van der Waals surface area (Å²) in [4.78, 5) is 11.5. The number of halogens is 1. The SMILES string of the molecule is CC(C)(C)OC(=O)NN=Cc1cc(N=Nc2cccc(Br)c2)ccc1O. The second-order valence-corrected chi connectivity index (χ2v) is 7.21. The van der Waals surface area contributed by atoms with Crippen molar-refractivity contribution in [2.24, 2.45) is 15.3 Å². The number of aromatic hydroxyl groups is 1. The zero-order valence-electron chi connectivity index (χ0n) is 14.6. The number of hydrogen-bond donors (Lipinski definition) is 2. The second kappa shape index (κ2) is 8.57. The van der Waals surface area contributed by atoms with Gasteiger partial charge in [0.1, 0.15) is 11.4 Å². The number of ether oxygens (including phenoxy) is 1. The van der Waals surface area contributed by atoms with Crippen molar-refractivity contribution in [3.05, 3.63) is 52.5 Å². The van der Waals surface area contributed by atoms with Gasteiger partial charge >= 0.3 is 6.09 Å². The van der Waals surface area contributed by atoms with Gasteiger partial charge in [0.2, 0.25) is 0 Å². The van der Waals surface area contributed by atoms with Crippen molar-refractivity contribution >= 4 is 39.6 Å². The van der Waals surface area contributed by atoms with Gasteiger partial charge in [0.25, 0.3) is 0 Å². The lowest BCUT2D eigenvalue weighted by Crippen LogP contribution is -2.29. The molecule has 0 bridgehead atoms. The summed E-state index contributed by atoms with van der Waals surface area (Å²) in [5, 5.41) is 21.9. The van der Waals surface area contributed by atoms with Gasteiger partial charge in [0, 0.05) is 10.0 Å². The third kappa shape index (κ3) is 6.64. The van der Waals surface area contributed by atoms with Gasteiger partial charge in [-0.1, -0.05) is 22.0 Å². The number of rotatable bonds is 4. The summed E-state index contributed by atoms with van der Waals surface area (Å²) in [7, 11) is 0. The van der Waals surface area contributed by atoms with Crippen LogP contribution < -0.4 is 5.43 Å². The summed E-state index contributed by atoms with van der Waals surface area (Å²) < 4.78 is 5.97. The number of nitrogens with one attached hydrogen (secondary N) is 1. The molecule has 0 fully saturated rings. The molecule has 26 heavy (non-hydrogen) atoms. The molecule has 1 amide bonds. The van der Waals surface area contributed by atoms with Crippen LogP contribution in [0.1, 0.15) is 26.3 Å². The number of amides is 1. The largest absolute Gasteiger partial charge is 0.507 e. The molecule has 7 nitrogen and oxygen atoms in total. The molecule has 8 heteroatoms. The van der Waals surface area contributed by atoms with Crippen molar-refractivity contribution in [3.8, 4) is 5.75 Å². The number of hydrazone groups is 1. The third-order valence-corrected chi connectivity index (χ3v) is 3.35. The Kier molecular flexibility index (Phi) is 6.46. The van der Waals surface area contributed by atoms with Crippen molar-refractivity contribution in [3.63, 3.8) is 0 Å². The maximum atomic E-state index is 11.5. The molecule has 0 saturated heterocycles. The molecule has 0 aliphatic carbocycles. The normalized spacial score (nSPS) is 11.8. The lowest BCUT2D eigenvalue weighted by atomic mass is 10.2. The number of hydrogen-bond acceptors (Lipinski definition) is 6. The van der Waals surface area contributed by atoms with Gasteiger partial charge in [-0.2, -0.15) is 15.3 Å². The summed E-state index contributed by atoms with van der Waals surface area (Å²) in [6.45, 7) is 5.26. The molecule has 0 atom stereocenters. The van der Waals surface area contributed by atoms with Crippen LogP contribution >= 0.6 is 15.9 Å². The fourth-order valence-electron chi connectivity index (χ4n) is 1.82. The first kappa shape index (κ1) is 19.6. The molecule has 2 aromatic rings. The predicted molar refractivity (Wildman–Crippen MR) is 103 cm³/mol. The molecular formula is C18H19BrN4O3. The van der Waals surface area contributed by atoms with Gasteiger partial charge in [0.05, 0.1) is 17.6 Å². The van der Waals surface area contributed by atoms with Crippen LogP contribution in [0.2, 0.25) is 0 Å². The molecule has 0 spiro atoms. The Bertz CT molecular complexity index is 845. The highest BCUT2D eigenvalue weighted by molar-refractivity contribution is 9.10. The van der Waals surface area contributed by atoms with E-state index in [-0.39, 0.29) is 5.75 Å². The quantitative estimate of drug-likeness (QED) is 0.393. The van der Waals surface area contributed by atoms with Crippen LogP contribution in [0.5, 0.6) is 5.75 Å². The zero-order chi connectivity index (χ0) is 19.2. The van der Waals surface area contributed by atoms with Gasteiger partial charge < -0.3 is 9.84 Å². The minimum Gasteiger partial charge on any atom is -0.507 e. The molecule has 136 valence electrons. The van der Waals surface area contributed by atoms with Crippen LogP contribution in [0.25, 0.3) is 0 Å². The Hall–Kier alpha value is -2.74. The minimum atomic E-state index is -0.682. The lowest BCUT2D eigenvalue weighted by molar-refractivity contribution is 0.0529. The van der Waals surface area contributed by atoms with E-state index in [9.17, 15) is 9.90 Å². The first-order chi connectivity index (χ1) is 12.2. The Morgan fingerprint density at radius 3 is 2.50 bits per heavy atom. The Balaban J connectivity index is 2.07. The molecule has 0 unspecified atom stereocenters. The van der Waals surface area contributed by atoms with E-state index in [0.29, 0.717) is 16.9 Å². The topological polar surface area (TPSA) is 95.6 Å². The second-order valence-electron chi connectivity index (χ2n) is 6.29. The number of nitrogens with zero attached hydrogens (tertiary/aromatic N) is 3. The number of benzene rings is 2. The van der Waals surface area contributed by atoms with Crippen LogP contribution in [0, 0.1) is 0 Å². The Morgan fingerprint density at radius 2 is 1.85 bits per heavy atom. The van der Waals surface area contributed by atoms with Gasteiger partial charge in [-0.25, -0.2) is 10.2 Å². The molecule has 0 saturated carbocycles. The van der Waals surface area contributed by atoms with Crippen LogP contribution in [-0.2, 0) is 4.74 Å². The number of phenolic OH excluding ortho intramolecular Hbond substituents is 1. The third-order valence-electron chi connectivity index (χ3n) is 2.86. The van der Waals surface area contributed by atoms with E-state index in [2.05, 4.69) is 36.7 Å². The van der Waals surface area contributed by atoms with Crippen molar-refractivity contribution < 1.29 is 14.6 Å². The van der Waals surface area contributed by atoms with E-state index in [4.69, 9.17) is 4.74 Å². The summed E-state index contributed by atoms with van der Waals surface area (Å²) in [5.74, 6) is 0.00106. The maximum Gasteiger partial charge on any atom is 0.428 e. The van der Waals surface area contributed by atoms with Crippen LogP contribution in [-0.4, -0.2) is 23.0 Å². The Morgan fingerprint density at radius 1 is 1.15 bits per heavy atom. The highest BCUT2D eigenvalue weighted by Crippen LogP contribution is 2.25. The molecule has 0 aliphatic heterocycles. The van der Waals surface area contributed by atoms with Crippen LogP contribution in [0.15, 0.2) is 62.3 Å². The molecule has 0 heterocycles. The average Bonchev–Trinajstić information content (AvgIpc) is 2.53. The summed E-state index contributed by atoms with van der Waals surface area (Å²) in [6.07, 6.45) is 0.621. The maximum absolute atomic E-state index is 11.5. The molecule has 2 aromatic carbocycles. The molecule has 2 rings (SSSR count). The number of carbonyl (C=O) groups excluding carboxylic acids is 1. The van der Waals surface area contributed by atoms with E-state index in [1.807, 2.05) is 24.3 Å². The highest BCUT2D eigenvalue weighted by atomic mass is 79.9. The van der Waals surface area contributed by atoms with E-state index in [1.54, 1.807) is 32.9 Å². The molecular weight excluding hydrogens is 400 g/mol.